The van der Waals surface area contributed by atoms with Crippen LogP contribution in [0.5, 0.6) is 0 Å². The van der Waals surface area contributed by atoms with Crippen molar-refractivity contribution in [3.05, 3.63) is 129 Å². The highest BCUT2D eigenvalue weighted by molar-refractivity contribution is 7.85. The minimum absolute atomic E-state index is 0.0315. The molecule has 0 atom stereocenters. The molecule has 3 heterocycles. The van der Waals surface area contributed by atoms with Gasteiger partial charge in [0.25, 0.3) is 27.6 Å². The highest BCUT2D eigenvalue weighted by atomic mass is 32.2. The van der Waals surface area contributed by atoms with Crippen LogP contribution < -0.4 is 4.90 Å². The molecule has 0 aliphatic carbocycles. The quantitative estimate of drug-likeness (QED) is 0.0325. The van der Waals surface area contributed by atoms with Gasteiger partial charge in [0.15, 0.2) is 12.3 Å². The molecule has 1 saturated heterocycles. The van der Waals surface area contributed by atoms with Crippen molar-refractivity contribution >= 4 is 50.7 Å². The molecule has 0 aromatic heterocycles. The minimum atomic E-state index is -4.44. The van der Waals surface area contributed by atoms with E-state index in [4.69, 9.17) is 4.84 Å². The molecule has 13 nitrogen and oxygen atoms in total. The van der Waals surface area contributed by atoms with Crippen LogP contribution in [0.4, 0.5) is 17.1 Å². The second-order valence-electron chi connectivity index (χ2n) is 15.6. The molecule has 2 amide bonds. The van der Waals surface area contributed by atoms with Gasteiger partial charge in [-0.2, -0.15) is 13.0 Å². The van der Waals surface area contributed by atoms with E-state index in [1.165, 1.54) is 29.8 Å². The van der Waals surface area contributed by atoms with Gasteiger partial charge in [-0.3, -0.25) is 24.3 Å². The van der Waals surface area contributed by atoms with Crippen molar-refractivity contribution in [2.75, 3.05) is 11.4 Å². The number of fused-ring (bicyclic) bond motifs is 2. The van der Waals surface area contributed by atoms with E-state index in [0.717, 1.165) is 39.5 Å². The lowest BCUT2D eigenvalue weighted by Gasteiger charge is -2.27. The Morgan fingerprint density at radius 2 is 1.61 bits per heavy atom. The van der Waals surface area contributed by atoms with Crippen LogP contribution in [0, 0.1) is 17.0 Å². The summed E-state index contributed by atoms with van der Waals surface area (Å²) in [6.07, 6.45) is 11.8. The van der Waals surface area contributed by atoms with E-state index in [2.05, 4.69) is 54.5 Å². The predicted molar refractivity (Wildman–Crippen MR) is 215 cm³/mol. The fourth-order valence-corrected chi connectivity index (χ4v) is 8.31. The number of amides is 2. The SMILES string of the molecule is Cc1ccc2c(c1)C(C)(C)C(/C=C/C=C/C=C1/N(CCCCCC(=O)ON3C(=O)CCC3=O)c3ccc(S(=O)(=O)O)cc3C1(C)C)=[N+]2Cc1ccc([N+](=O)[O-])cc1. The van der Waals surface area contributed by atoms with Crippen LogP contribution in [-0.4, -0.2) is 57.6 Å². The predicted octanol–water partition coefficient (Wildman–Crippen LogP) is 7.69. The Morgan fingerprint density at radius 3 is 2.28 bits per heavy atom. The molecule has 14 heteroatoms. The van der Waals surface area contributed by atoms with Crippen LogP contribution in [0.3, 0.4) is 0 Å². The van der Waals surface area contributed by atoms with Crippen molar-refractivity contribution in [1.82, 2.24) is 5.06 Å². The Hall–Kier alpha value is -5.73. The third kappa shape index (κ3) is 8.52. The van der Waals surface area contributed by atoms with Gasteiger partial charge in [-0.05, 0) is 81.7 Å². The number of non-ortho nitro benzene ring substituents is 1. The Labute approximate surface area is 332 Å². The van der Waals surface area contributed by atoms with Crippen LogP contribution >= 0.6 is 0 Å². The Bertz CT molecular complexity index is 2360. The van der Waals surface area contributed by atoms with Crippen LogP contribution in [0.15, 0.2) is 102 Å². The molecular weight excluding hydrogens is 749 g/mol. The number of rotatable bonds is 14. The van der Waals surface area contributed by atoms with Gasteiger partial charge in [0.2, 0.25) is 5.69 Å². The summed E-state index contributed by atoms with van der Waals surface area (Å²) in [7, 11) is -4.44. The van der Waals surface area contributed by atoms with E-state index in [1.807, 2.05) is 38.2 Å². The molecule has 298 valence electrons. The van der Waals surface area contributed by atoms with Gasteiger partial charge in [0.05, 0.1) is 15.2 Å². The summed E-state index contributed by atoms with van der Waals surface area (Å²) in [6, 6.07) is 17.6. The van der Waals surface area contributed by atoms with Gasteiger partial charge >= 0.3 is 5.97 Å². The first kappa shape index (κ1) is 40.9. The van der Waals surface area contributed by atoms with Gasteiger partial charge in [-0.1, -0.05) is 50.1 Å². The second kappa shape index (κ2) is 16.0. The number of anilines is 1. The van der Waals surface area contributed by atoms with Crippen LogP contribution in [-0.2, 0) is 46.7 Å². The molecule has 1 N–H and O–H groups in total. The largest absolute Gasteiger partial charge is 0.344 e. The average molecular weight is 796 g/mol. The maximum Gasteiger partial charge on any atom is 0.333 e. The van der Waals surface area contributed by atoms with Crippen molar-refractivity contribution in [3.63, 3.8) is 0 Å². The molecule has 0 radical (unpaired) electrons. The highest BCUT2D eigenvalue weighted by Gasteiger charge is 2.44. The van der Waals surface area contributed by atoms with Crippen molar-refractivity contribution in [1.29, 1.82) is 0 Å². The van der Waals surface area contributed by atoms with Gasteiger partial charge < -0.3 is 9.74 Å². The number of carbonyl (C=O) groups is 3. The van der Waals surface area contributed by atoms with E-state index < -0.39 is 38.2 Å². The van der Waals surface area contributed by atoms with E-state index in [-0.39, 0.29) is 35.3 Å². The third-order valence-corrected chi connectivity index (χ3v) is 11.7. The Kier molecular flexibility index (Phi) is 11.5. The normalized spacial score (nSPS) is 18.0. The molecule has 3 aromatic rings. The Morgan fingerprint density at radius 1 is 0.912 bits per heavy atom. The smallest absolute Gasteiger partial charge is 0.333 e. The monoisotopic (exact) mass is 795 g/mol. The molecule has 3 aliphatic heterocycles. The second-order valence-corrected chi connectivity index (χ2v) is 17.0. The first-order valence-electron chi connectivity index (χ1n) is 18.9. The zero-order valence-electron chi connectivity index (χ0n) is 32.7. The molecule has 0 unspecified atom stereocenters. The summed E-state index contributed by atoms with van der Waals surface area (Å²) in [5, 5.41) is 11.8. The standard InChI is InChI=1S/C43H46N4O9S/c1-29-15-21-36-33(26-29)42(2,3)38(45(36)28-30-16-18-31(19-17-30)47(51)52)13-9-6-8-12-37-43(4,5)34-27-32(57(53,54)55)20-22-35(34)44(37)25-11-7-10-14-41(50)56-46-39(48)23-24-40(46)49/h6,8-9,12-13,15-22,26-27H,7,10-11,14,23-25,28H2,1-5H3/p+1. The summed E-state index contributed by atoms with van der Waals surface area (Å²) in [5.74, 6) is -1.68. The molecule has 3 aromatic carbocycles. The summed E-state index contributed by atoms with van der Waals surface area (Å²) >= 11 is 0. The van der Waals surface area contributed by atoms with Crippen molar-refractivity contribution in [2.24, 2.45) is 0 Å². The summed E-state index contributed by atoms with van der Waals surface area (Å²) in [4.78, 5) is 53.7. The lowest BCUT2D eigenvalue weighted by atomic mass is 9.81. The lowest BCUT2D eigenvalue weighted by Crippen LogP contribution is -2.32. The molecule has 0 spiro atoms. The van der Waals surface area contributed by atoms with Crippen LogP contribution in [0.1, 0.15) is 88.5 Å². The Balaban J connectivity index is 1.23. The van der Waals surface area contributed by atoms with E-state index in [9.17, 15) is 37.5 Å². The van der Waals surface area contributed by atoms with Crippen LogP contribution in [0.2, 0.25) is 0 Å². The molecule has 0 bridgehead atoms. The number of unbranched alkanes of at least 4 members (excludes halogenated alkanes) is 2. The highest BCUT2D eigenvalue weighted by Crippen LogP contribution is 2.48. The first-order valence-corrected chi connectivity index (χ1v) is 20.3. The van der Waals surface area contributed by atoms with Gasteiger partial charge in [0, 0.05) is 78.0 Å². The summed E-state index contributed by atoms with van der Waals surface area (Å²) < 4.78 is 36.3. The number of hydrogen-bond donors (Lipinski definition) is 1. The maximum absolute atomic E-state index is 12.3. The van der Waals surface area contributed by atoms with Crippen molar-refractivity contribution in [3.8, 4) is 0 Å². The number of benzene rings is 3. The number of hydroxylamine groups is 2. The topological polar surface area (TPSA) is 167 Å². The van der Waals surface area contributed by atoms with Crippen molar-refractivity contribution in [2.45, 2.75) is 95.4 Å². The first-order chi connectivity index (χ1) is 26.9. The molecule has 57 heavy (non-hydrogen) atoms. The zero-order chi connectivity index (χ0) is 41.3. The number of imide groups is 1. The number of aryl methyl sites for hydroxylation is 1. The average Bonchev–Trinajstić information content (AvgIpc) is 3.65. The molecule has 0 saturated carbocycles. The molecule has 6 rings (SSSR count). The number of nitro groups is 1. The maximum atomic E-state index is 12.3. The van der Waals surface area contributed by atoms with E-state index in [0.29, 0.717) is 37.4 Å². The van der Waals surface area contributed by atoms with Gasteiger partial charge in [0.1, 0.15) is 0 Å². The van der Waals surface area contributed by atoms with E-state index >= 15 is 0 Å². The zero-order valence-corrected chi connectivity index (χ0v) is 33.5. The van der Waals surface area contributed by atoms with Crippen molar-refractivity contribution < 1.29 is 41.7 Å². The fourth-order valence-electron chi connectivity index (χ4n) is 7.80. The van der Waals surface area contributed by atoms with Gasteiger partial charge in [-0.25, -0.2) is 4.79 Å². The summed E-state index contributed by atoms with van der Waals surface area (Å²) in [5.41, 5.74) is 6.96. The molecule has 1 fully saturated rings. The number of nitro benzene ring substituents is 1. The molecule has 3 aliphatic rings. The van der Waals surface area contributed by atoms with Crippen LogP contribution in [0.25, 0.3) is 0 Å². The number of hydrogen-bond acceptors (Lipinski definition) is 9. The third-order valence-electron chi connectivity index (χ3n) is 10.9. The fraction of sp³-hybridized carbons (Fsp3) is 0.349. The van der Waals surface area contributed by atoms with Gasteiger partial charge in [-0.15, -0.1) is 5.06 Å². The summed E-state index contributed by atoms with van der Waals surface area (Å²) in [6.45, 7) is 11.5. The van der Waals surface area contributed by atoms with E-state index in [1.54, 1.807) is 18.2 Å². The molecular formula is C43H47N4O9S+. The number of carbonyl (C=O) groups excluding carboxylic acids is 3. The number of allylic oxidation sites excluding steroid dienone is 6. The lowest BCUT2D eigenvalue weighted by molar-refractivity contribution is -0.455. The minimum Gasteiger partial charge on any atom is -0.344 e. The number of nitrogens with zero attached hydrogens (tertiary/aromatic N) is 4.